The van der Waals surface area contributed by atoms with E-state index in [1.807, 2.05) is 10.6 Å². The van der Waals surface area contributed by atoms with Crippen molar-refractivity contribution >= 4 is 40.3 Å². The summed E-state index contributed by atoms with van der Waals surface area (Å²) >= 11 is 6.02. The molecule has 3 aromatic rings. The van der Waals surface area contributed by atoms with Gasteiger partial charge in [-0.25, -0.2) is 9.78 Å². The number of nitrogens with zero attached hydrogens (tertiary/aromatic N) is 3. The summed E-state index contributed by atoms with van der Waals surface area (Å²) in [4.78, 5) is 29.9. The number of fused-ring (bicyclic) bond motifs is 1. The first-order valence-corrected chi connectivity index (χ1v) is 8.79. The first kappa shape index (κ1) is 18.7. The third kappa shape index (κ3) is 4.38. The van der Waals surface area contributed by atoms with E-state index in [0.717, 1.165) is 11.0 Å². The molecule has 0 fully saturated rings. The Morgan fingerprint density at radius 2 is 1.96 bits per heavy atom. The maximum Gasteiger partial charge on any atom is 0.319 e. The summed E-state index contributed by atoms with van der Waals surface area (Å²) < 4.78 is 1.93. The lowest BCUT2D eigenvalue weighted by atomic mass is 10.2. The topological polar surface area (TPSA) is 79.3 Å². The van der Waals surface area contributed by atoms with Crippen molar-refractivity contribution in [3.8, 4) is 0 Å². The second-order valence-corrected chi connectivity index (χ2v) is 6.61. The molecule has 0 saturated heterocycles. The average Bonchev–Trinajstić information content (AvgIpc) is 3.05. The number of carbonyl (C=O) groups excluding carboxylic acids is 2. The Morgan fingerprint density at radius 3 is 2.70 bits per heavy atom. The van der Waals surface area contributed by atoms with Gasteiger partial charge in [0.1, 0.15) is 0 Å². The number of hydrogen-bond acceptors (Lipinski definition) is 3. The first-order chi connectivity index (χ1) is 13.0. The minimum absolute atomic E-state index is 0.0654. The highest BCUT2D eigenvalue weighted by Crippen LogP contribution is 2.20. The Bertz CT molecular complexity index is 983. The monoisotopic (exact) mass is 385 g/mol. The van der Waals surface area contributed by atoms with E-state index in [9.17, 15) is 9.59 Å². The van der Waals surface area contributed by atoms with Crippen LogP contribution in [-0.4, -0.2) is 47.0 Å². The molecule has 7 nitrogen and oxygen atoms in total. The lowest BCUT2D eigenvalue weighted by Crippen LogP contribution is -2.31. The van der Waals surface area contributed by atoms with Crippen LogP contribution >= 0.6 is 11.6 Å². The molecule has 0 radical (unpaired) electrons. The van der Waals surface area contributed by atoms with E-state index >= 15 is 0 Å². The summed E-state index contributed by atoms with van der Waals surface area (Å²) in [5.74, 6) is -0.0654. The molecule has 1 heterocycles. The van der Waals surface area contributed by atoms with Crippen molar-refractivity contribution in [1.29, 1.82) is 0 Å². The van der Waals surface area contributed by atoms with E-state index in [1.54, 1.807) is 56.8 Å². The molecule has 0 bridgehead atoms. The summed E-state index contributed by atoms with van der Waals surface area (Å²) in [5.41, 5.74) is 2.79. The van der Waals surface area contributed by atoms with Gasteiger partial charge in [-0.05, 0) is 30.3 Å². The van der Waals surface area contributed by atoms with E-state index in [0.29, 0.717) is 29.4 Å². The molecule has 0 saturated carbocycles. The van der Waals surface area contributed by atoms with Crippen molar-refractivity contribution in [3.63, 3.8) is 0 Å². The van der Waals surface area contributed by atoms with Crippen LogP contribution in [0, 0.1) is 0 Å². The summed E-state index contributed by atoms with van der Waals surface area (Å²) in [6, 6.07) is 12.1. The summed E-state index contributed by atoms with van der Waals surface area (Å²) in [6.07, 6.45) is 1.70. The lowest BCUT2D eigenvalue weighted by Gasteiger charge is -2.11. The molecule has 3 amide bonds. The van der Waals surface area contributed by atoms with Crippen LogP contribution in [0.4, 0.5) is 10.5 Å². The van der Waals surface area contributed by atoms with Crippen molar-refractivity contribution < 1.29 is 9.59 Å². The summed E-state index contributed by atoms with van der Waals surface area (Å²) in [6.45, 7) is 0.966. The quantitative estimate of drug-likeness (QED) is 0.707. The van der Waals surface area contributed by atoms with E-state index < -0.39 is 0 Å². The van der Waals surface area contributed by atoms with Crippen LogP contribution < -0.4 is 10.6 Å². The molecule has 0 unspecified atom stereocenters. The number of nitrogens with one attached hydrogen (secondary N) is 2. The standard InChI is InChI=1S/C19H20ClN5O2/c1-24(2)18(26)13-7-8-17-16(11-13)22-12-25(17)10-9-21-19(27)23-15-6-4-3-5-14(15)20/h3-8,11-12H,9-10H2,1-2H3,(H2,21,23,27). The Kier molecular flexibility index (Phi) is 5.61. The SMILES string of the molecule is CN(C)C(=O)c1ccc2c(c1)ncn2CCNC(=O)Nc1ccccc1Cl. The molecule has 0 aliphatic heterocycles. The van der Waals surface area contributed by atoms with Crippen LogP contribution in [0.2, 0.25) is 5.02 Å². The van der Waals surface area contributed by atoms with Gasteiger partial charge in [-0.3, -0.25) is 4.79 Å². The Morgan fingerprint density at radius 1 is 1.19 bits per heavy atom. The van der Waals surface area contributed by atoms with Gasteiger partial charge in [0.2, 0.25) is 0 Å². The van der Waals surface area contributed by atoms with Crippen LogP contribution in [0.25, 0.3) is 11.0 Å². The number of urea groups is 1. The van der Waals surface area contributed by atoms with Crippen LogP contribution in [-0.2, 0) is 6.54 Å². The zero-order valence-electron chi connectivity index (χ0n) is 15.1. The maximum atomic E-state index is 12.0. The van der Waals surface area contributed by atoms with Gasteiger partial charge < -0.3 is 20.1 Å². The van der Waals surface area contributed by atoms with E-state index in [4.69, 9.17) is 11.6 Å². The first-order valence-electron chi connectivity index (χ1n) is 8.41. The van der Waals surface area contributed by atoms with Crippen LogP contribution in [0.3, 0.4) is 0 Å². The van der Waals surface area contributed by atoms with Crippen LogP contribution in [0.5, 0.6) is 0 Å². The largest absolute Gasteiger partial charge is 0.345 e. The second-order valence-electron chi connectivity index (χ2n) is 6.20. The minimum Gasteiger partial charge on any atom is -0.345 e. The molecule has 2 N–H and O–H groups in total. The highest BCUT2D eigenvalue weighted by molar-refractivity contribution is 6.33. The third-order valence-corrected chi connectivity index (χ3v) is 4.36. The van der Waals surface area contributed by atoms with Crippen LogP contribution in [0.15, 0.2) is 48.8 Å². The highest BCUT2D eigenvalue weighted by Gasteiger charge is 2.11. The average molecular weight is 386 g/mol. The molecule has 2 aromatic carbocycles. The van der Waals surface area contributed by atoms with Gasteiger partial charge in [0.15, 0.2) is 0 Å². The maximum absolute atomic E-state index is 12.0. The van der Waals surface area contributed by atoms with Gasteiger partial charge in [0, 0.05) is 32.7 Å². The molecule has 27 heavy (non-hydrogen) atoms. The van der Waals surface area contributed by atoms with E-state index in [1.165, 1.54) is 4.90 Å². The van der Waals surface area contributed by atoms with Crippen molar-refractivity contribution in [1.82, 2.24) is 19.8 Å². The smallest absolute Gasteiger partial charge is 0.319 e. The fourth-order valence-corrected chi connectivity index (χ4v) is 2.84. The van der Waals surface area contributed by atoms with Crippen molar-refractivity contribution in [2.75, 3.05) is 26.0 Å². The number of hydrogen-bond donors (Lipinski definition) is 2. The Hall–Kier alpha value is -3.06. The number of amides is 3. The molecule has 140 valence electrons. The molecule has 3 rings (SSSR count). The van der Waals surface area contributed by atoms with Gasteiger partial charge in [-0.1, -0.05) is 23.7 Å². The van der Waals surface area contributed by atoms with Gasteiger partial charge in [0.05, 0.1) is 28.1 Å². The van der Waals surface area contributed by atoms with Crippen LogP contribution in [0.1, 0.15) is 10.4 Å². The normalized spacial score (nSPS) is 10.6. The fraction of sp³-hybridized carbons (Fsp3) is 0.211. The van der Waals surface area contributed by atoms with Gasteiger partial charge >= 0.3 is 6.03 Å². The second kappa shape index (κ2) is 8.09. The molecule has 1 aromatic heterocycles. The van der Waals surface area contributed by atoms with E-state index in [2.05, 4.69) is 15.6 Å². The Balaban J connectivity index is 1.60. The number of carbonyl (C=O) groups is 2. The number of anilines is 1. The molecule has 0 aliphatic carbocycles. The Labute approximate surface area is 161 Å². The zero-order chi connectivity index (χ0) is 19.4. The number of imidazole rings is 1. The van der Waals surface area contributed by atoms with Gasteiger partial charge in [0.25, 0.3) is 5.91 Å². The zero-order valence-corrected chi connectivity index (χ0v) is 15.8. The van der Waals surface area contributed by atoms with E-state index in [-0.39, 0.29) is 11.9 Å². The number of benzene rings is 2. The summed E-state index contributed by atoms with van der Waals surface area (Å²) in [7, 11) is 3.43. The number of rotatable bonds is 5. The van der Waals surface area contributed by atoms with Gasteiger partial charge in [-0.2, -0.15) is 0 Å². The molecule has 8 heteroatoms. The minimum atomic E-state index is -0.327. The summed E-state index contributed by atoms with van der Waals surface area (Å²) in [5, 5.41) is 5.98. The lowest BCUT2D eigenvalue weighted by molar-refractivity contribution is 0.0827. The van der Waals surface area contributed by atoms with Gasteiger partial charge in [-0.15, -0.1) is 0 Å². The number of para-hydroxylation sites is 1. The molecular formula is C19H20ClN5O2. The predicted octanol–water partition coefficient (Wildman–Crippen LogP) is 3.21. The molecule has 0 aliphatic rings. The van der Waals surface area contributed by atoms with Crippen molar-refractivity contribution in [3.05, 3.63) is 59.4 Å². The van der Waals surface area contributed by atoms with Crippen molar-refractivity contribution in [2.24, 2.45) is 0 Å². The number of halogens is 1. The highest BCUT2D eigenvalue weighted by atomic mass is 35.5. The third-order valence-electron chi connectivity index (χ3n) is 4.03. The predicted molar refractivity (Wildman–Crippen MR) is 106 cm³/mol. The van der Waals surface area contributed by atoms with Crippen molar-refractivity contribution in [2.45, 2.75) is 6.54 Å². The fourth-order valence-electron chi connectivity index (χ4n) is 2.65. The number of aromatic nitrogens is 2. The molecule has 0 atom stereocenters. The molecule has 0 spiro atoms. The molecular weight excluding hydrogens is 366 g/mol.